The summed E-state index contributed by atoms with van der Waals surface area (Å²) in [4.78, 5) is 13.3. The molecule has 0 unspecified atom stereocenters. The van der Waals surface area contributed by atoms with Gasteiger partial charge in [0.05, 0.1) is 22.6 Å². The first-order chi connectivity index (χ1) is 16.9. The predicted octanol–water partition coefficient (Wildman–Crippen LogP) is 5.05. The Labute approximate surface area is 211 Å². The summed E-state index contributed by atoms with van der Waals surface area (Å²) in [7, 11) is -3.71. The molecule has 6 nitrogen and oxygen atoms in total. The third-order valence-corrected chi connectivity index (χ3v) is 8.41. The fourth-order valence-electron chi connectivity index (χ4n) is 4.33. The Morgan fingerprint density at radius 3 is 2.09 bits per heavy atom. The van der Waals surface area contributed by atoms with E-state index >= 15 is 0 Å². The molecule has 1 N–H and O–H groups in total. The smallest absolute Gasteiger partial charge is 0.243 e. The first kappa shape index (κ1) is 25.2. The third-order valence-electron chi connectivity index (χ3n) is 6.22. The van der Waals surface area contributed by atoms with Gasteiger partial charge in [-0.05, 0) is 49.1 Å². The first-order valence-corrected chi connectivity index (χ1v) is 13.5. The number of benzene rings is 3. The molecular weight excluding hydrogens is 484 g/mol. The normalized spacial score (nSPS) is 15.2. The van der Waals surface area contributed by atoms with Gasteiger partial charge in [0.1, 0.15) is 5.75 Å². The number of piperidine rings is 1. The number of sulfonamides is 1. The highest BCUT2D eigenvalue weighted by atomic mass is 35.5. The van der Waals surface area contributed by atoms with E-state index in [0.29, 0.717) is 25.2 Å². The molecule has 1 fully saturated rings. The van der Waals surface area contributed by atoms with Gasteiger partial charge in [0.25, 0.3) is 0 Å². The molecule has 1 saturated heterocycles. The van der Waals surface area contributed by atoms with Crippen LogP contribution in [0.15, 0.2) is 83.8 Å². The lowest BCUT2D eigenvalue weighted by molar-refractivity contribution is -0.126. The highest BCUT2D eigenvalue weighted by molar-refractivity contribution is 7.89. The molecule has 184 valence electrons. The number of carbonyl (C=O) groups excluding carboxylic acids is 1. The van der Waals surface area contributed by atoms with Crippen molar-refractivity contribution < 1.29 is 17.9 Å². The van der Waals surface area contributed by atoms with Crippen LogP contribution < -0.4 is 10.1 Å². The van der Waals surface area contributed by atoms with Gasteiger partial charge in [0.15, 0.2) is 0 Å². The Hall–Kier alpha value is -2.87. The molecule has 0 aromatic heterocycles. The van der Waals surface area contributed by atoms with E-state index in [9.17, 15) is 13.2 Å². The molecule has 4 rings (SSSR count). The van der Waals surface area contributed by atoms with Crippen LogP contribution in [-0.4, -0.2) is 38.3 Å². The van der Waals surface area contributed by atoms with Crippen molar-refractivity contribution in [2.24, 2.45) is 5.92 Å². The highest BCUT2D eigenvalue weighted by Crippen LogP contribution is 2.31. The molecule has 0 spiro atoms. The van der Waals surface area contributed by atoms with E-state index in [1.807, 2.05) is 67.6 Å². The molecule has 1 aliphatic heterocycles. The molecular formula is C27H29ClN2O4S. The minimum Gasteiger partial charge on any atom is -0.492 e. The van der Waals surface area contributed by atoms with Crippen LogP contribution in [0.4, 0.5) is 0 Å². The molecule has 35 heavy (non-hydrogen) atoms. The van der Waals surface area contributed by atoms with E-state index in [2.05, 4.69) is 5.32 Å². The van der Waals surface area contributed by atoms with Crippen molar-refractivity contribution in [2.75, 3.05) is 19.7 Å². The van der Waals surface area contributed by atoms with Crippen LogP contribution in [0.1, 0.15) is 36.9 Å². The van der Waals surface area contributed by atoms with Crippen molar-refractivity contribution in [3.05, 3.63) is 95.0 Å². The highest BCUT2D eigenvalue weighted by Gasteiger charge is 2.33. The largest absolute Gasteiger partial charge is 0.492 e. The van der Waals surface area contributed by atoms with Gasteiger partial charge in [0, 0.05) is 19.0 Å². The lowest BCUT2D eigenvalue weighted by atomic mass is 9.94. The summed E-state index contributed by atoms with van der Waals surface area (Å²) in [5, 5.41) is 3.45. The monoisotopic (exact) mass is 512 g/mol. The minimum atomic E-state index is -3.71. The molecule has 1 amide bonds. The molecule has 0 saturated carbocycles. The number of hydrogen-bond acceptors (Lipinski definition) is 4. The number of ether oxygens (including phenoxy) is 1. The molecule has 3 aromatic carbocycles. The summed E-state index contributed by atoms with van der Waals surface area (Å²) in [6, 6.07) is 23.9. The van der Waals surface area contributed by atoms with E-state index in [1.54, 1.807) is 6.07 Å². The summed E-state index contributed by atoms with van der Waals surface area (Å²) < 4.78 is 33.1. The lowest BCUT2D eigenvalue weighted by Gasteiger charge is -2.31. The summed E-state index contributed by atoms with van der Waals surface area (Å²) in [6.07, 6.45) is 0.901. The van der Waals surface area contributed by atoms with Crippen LogP contribution in [-0.2, 0) is 14.8 Å². The summed E-state index contributed by atoms with van der Waals surface area (Å²) in [5.74, 6) is 0.124. The zero-order valence-corrected chi connectivity index (χ0v) is 21.1. The Morgan fingerprint density at radius 1 is 1.00 bits per heavy atom. The molecule has 8 heteroatoms. The van der Waals surface area contributed by atoms with Crippen molar-refractivity contribution >= 4 is 27.5 Å². The second-order valence-corrected chi connectivity index (χ2v) is 10.8. The van der Waals surface area contributed by atoms with Crippen LogP contribution in [0.25, 0.3) is 0 Å². The maximum Gasteiger partial charge on any atom is 0.243 e. The maximum atomic E-state index is 13.2. The molecule has 1 heterocycles. The number of carbonyl (C=O) groups is 1. The van der Waals surface area contributed by atoms with Gasteiger partial charge in [-0.15, -0.1) is 0 Å². The Morgan fingerprint density at radius 2 is 1.57 bits per heavy atom. The Kier molecular flexibility index (Phi) is 8.11. The minimum absolute atomic E-state index is 0.0659. The molecule has 0 aliphatic carbocycles. The lowest BCUT2D eigenvalue weighted by Crippen LogP contribution is -2.43. The van der Waals surface area contributed by atoms with Gasteiger partial charge in [-0.25, -0.2) is 8.42 Å². The van der Waals surface area contributed by atoms with Crippen molar-refractivity contribution in [3.63, 3.8) is 0 Å². The first-order valence-electron chi connectivity index (χ1n) is 11.7. The van der Waals surface area contributed by atoms with Crippen molar-refractivity contribution in [1.82, 2.24) is 9.62 Å². The molecule has 0 bridgehead atoms. The fourth-order valence-corrected chi connectivity index (χ4v) is 6.13. The van der Waals surface area contributed by atoms with Gasteiger partial charge >= 0.3 is 0 Å². The molecule has 0 atom stereocenters. The summed E-state index contributed by atoms with van der Waals surface area (Å²) in [5.41, 5.74) is 2.00. The average molecular weight is 513 g/mol. The summed E-state index contributed by atoms with van der Waals surface area (Å²) in [6.45, 7) is 2.82. The van der Waals surface area contributed by atoms with Gasteiger partial charge in [0.2, 0.25) is 15.9 Å². The Balaban J connectivity index is 1.43. The van der Waals surface area contributed by atoms with Crippen LogP contribution in [0.3, 0.4) is 0 Å². The van der Waals surface area contributed by atoms with E-state index < -0.39 is 10.0 Å². The molecule has 0 radical (unpaired) electrons. The van der Waals surface area contributed by atoms with E-state index in [-0.39, 0.29) is 40.9 Å². The second-order valence-electron chi connectivity index (χ2n) is 8.47. The van der Waals surface area contributed by atoms with Crippen molar-refractivity contribution in [3.8, 4) is 5.75 Å². The molecule has 1 aliphatic rings. The van der Waals surface area contributed by atoms with Crippen LogP contribution in [0, 0.1) is 5.92 Å². The van der Waals surface area contributed by atoms with Crippen LogP contribution in [0.5, 0.6) is 5.75 Å². The second kappa shape index (κ2) is 11.2. The van der Waals surface area contributed by atoms with Gasteiger partial charge in [-0.2, -0.15) is 4.31 Å². The number of hydrogen-bond donors (Lipinski definition) is 1. The average Bonchev–Trinajstić information content (AvgIpc) is 2.89. The number of halogens is 1. The fraction of sp³-hybridized carbons (Fsp3) is 0.296. The topological polar surface area (TPSA) is 75.7 Å². The standard InChI is InChI=1S/C27H29ClN2O4S/c1-2-34-25-14-13-23(19-24(25)28)35(32,33)30-17-15-22(16-18-30)27(31)29-26(20-9-5-3-6-10-20)21-11-7-4-8-12-21/h3-14,19,22,26H,2,15-18H2,1H3,(H,29,31). The number of nitrogens with zero attached hydrogens (tertiary/aromatic N) is 1. The zero-order valence-electron chi connectivity index (χ0n) is 19.6. The van der Waals surface area contributed by atoms with Gasteiger partial charge < -0.3 is 10.1 Å². The number of rotatable bonds is 8. The number of nitrogens with one attached hydrogen (secondary N) is 1. The van der Waals surface area contributed by atoms with E-state index in [1.165, 1.54) is 16.4 Å². The van der Waals surface area contributed by atoms with Crippen LogP contribution in [0.2, 0.25) is 5.02 Å². The maximum absolute atomic E-state index is 13.2. The predicted molar refractivity (Wildman–Crippen MR) is 137 cm³/mol. The summed E-state index contributed by atoms with van der Waals surface area (Å²) >= 11 is 6.21. The quantitative estimate of drug-likeness (QED) is 0.458. The van der Waals surface area contributed by atoms with Crippen molar-refractivity contribution in [2.45, 2.75) is 30.7 Å². The van der Waals surface area contributed by atoms with E-state index in [4.69, 9.17) is 16.3 Å². The number of amides is 1. The molecule has 3 aromatic rings. The SMILES string of the molecule is CCOc1ccc(S(=O)(=O)N2CCC(C(=O)NC(c3ccccc3)c3ccccc3)CC2)cc1Cl. The van der Waals surface area contributed by atoms with Gasteiger partial charge in [-0.1, -0.05) is 72.3 Å². The van der Waals surface area contributed by atoms with Crippen molar-refractivity contribution in [1.29, 1.82) is 0 Å². The Bertz CT molecular complexity index is 1210. The van der Waals surface area contributed by atoms with Crippen LogP contribution >= 0.6 is 11.6 Å². The zero-order chi connectivity index (χ0) is 24.8. The van der Waals surface area contributed by atoms with Gasteiger partial charge in [-0.3, -0.25) is 4.79 Å². The van der Waals surface area contributed by atoms with E-state index in [0.717, 1.165) is 11.1 Å². The third kappa shape index (κ3) is 5.86.